The van der Waals surface area contributed by atoms with Crippen LogP contribution in [0.2, 0.25) is 0 Å². The van der Waals surface area contributed by atoms with E-state index in [9.17, 15) is 18.0 Å². The lowest BCUT2D eigenvalue weighted by Gasteiger charge is -2.33. The zero-order valence-electron chi connectivity index (χ0n) is 24.1. The molecule has 0 unspecified atom stereocenters. The first kappa shape index (κ1) is 32.0. The van der Waals surface area contributed by atoms with E-state index in [-0.39, 0.29) is 17.3 Å². The molecule has 0 aromatic heterocycles. The van der Waals surface area contributed by atoms with E-state index < -0.39 is 28.5 Å². The Morgan fingerprint density at radius 3 is 2.15 bits per heavy atom. The number of sulfonamides is 1. The van der Waals surface area contributed by atoms with E-state index in [2.05, 4.69) is 5.32 Å². The van der Waals surface area contributed by atoms with Gasteiger partial charge in [-0.1, -0.05) is 37.3 Å². The number of hydrogen-bond acceptors (Lipinski definition) is 6. The van der Waals surface area contributed by atoms with Crippen molar-refractivity contribution in [1.82, 2.24) is 10.2 Å². The molecule has 220 valence electrons. The summed E-state index contributed by atoms with van der Waals surface area (Å²) in [5.74, 6) is -0.132. The number of carbonyl (C=O) groups is 2. The van der Waals surface area contributed by atoms with Crippen LogP contribution in [0.3, 0.4) is 0 Å². The molecule has 3 rings (SSSR count). The molecule has 0 heterocycles. The number of thioether (sulfide) groups is 1. The van der Waals surface area contributed by atoms with Crippen molar-refractivity contribution in [2.75, 3.05) is 36.8 Å². The fourth-order valence-electron chi connectivity index (χ4n) is 4.47. The average molecular weight is 598 g/mol. The Morgan fingerprint density at radius 2 is 1.59 bits per heavy atom. The maximum Gasteiger partial charge on any atom is 0.264 e. The van der Waals surface area contributed by atoms with Crippen molar-refractivity contribution in [3.05, 3.63) is 84.4 Å². The van der Waals surface area contributed by atoms with Crippen LogP contribution >= 0.6 is 11.8 Å². The minimum Gasteiger partial charge on any atom is -0.494 e. The second-order valence-electron chi connectivity index (χ2n) is 9.26. The van der Waals surface area contributed by atoms with Crippen molar-refractivity contribution in [1.29, 1.82) is 0 Å². The van der Waals surface area contributed by atoms with Crippen LogP contribution in [-0.2, 0) is 26.0 Å². The lowest BCUT2D eigenvalue weighted by atomic mass is 10.1. The first-order valence-electron chi connectivity index (χ1n) is 13.8. The summed E-state index contributed by atoms with van der Waals surface area (Å²) in [5, 5.41) is 2.82. The smallest absolute Gasteiger partial charge is 0.264 e. The van der Waals surface area contributed by atoms with Crippen LogP contribution < -0.4 is 14.4 Å². The van der Waals surface area contributed by atoms with Crippen LogP contribution in [0.1, 0.15) is 32.8 Å². The summed E-state index contributed by atoms with van der Waals surface area (Å²) >= 11 is 1.51. The van der Waals surface area contributed by atoms with Crippen molar-refractivity contribution in [3.63, 3.8) is 0 Å². The number of carbonyl (C=O) groups excluding carboxylic acids is 2. The fourth-order valence-corrected chi connectivity index (χ4v) is 6.29. The SMILES string of the molecule is CCNC(=O)[C@H](CC)N(CCc1ccccc1)C(=O)CN(c1ccc(OCC)cc1)S(=O)(=O)c1ccc(SC)cc1. The molecule has 0 spiro atoms. The number of nitrogens with one attached hydrogen (secondary N) is 1. The molecule has 0 saturated heterocycles. The summed E-state index contributed by atoms with van der Waals surface area (Å²) < 4.78 is 34.6. The third-order valence-electron chi connectivity index (χ3n) is 6.58. The molecule has 0 aliphatic rings. The van der Waals surface area contributed by atoms with E-state index in [0.29, 0.717) is 37.4 Å². The zero-order valence-corrected chi connectivity index (χ0v) is 25.7. The van der Waals surface area contributed by atoms with Gasteiger partial charge < -0.3 is 15.0 Å². The van der Waals surface area contributed by atoms with Gasteiger partial charge in [0.15, 0.2) is 0 Å². The molecule has 0 fully saturated rings. The van der Waals surface area contributed by atoms with Gasteiger partial charge >= 0.3 is 0 Å². The van der Waals surface area contributed by atoms with Crippen LogP contribution in [0, 0.1) is 0 Å². The second-order valence-corrected chi connectivity index (χ2v) is 12.0. The molecule has 3 aromatic carbocycles. The quantitative estimate of drug-likeness (QED) is 0.248. The molecule has 3 aromatic rings. The summed E-state index contributed by atoms with van der Waals surface area (Å²) in [6.45, 7) is 6.22. The van der Waals surface area contributed by atoms with Gasteiger partial charge in [-0.25, -0.2) is 8.42 Å². The Bertz CT molecular complexity index is 1370. The fraction of sp³-hybridized carbons (Fsp3) is 0.355. The summed E-state index contributed by atoms with van der Waals surface area (Å²) in [5.41, 5.74) is 1.34. The summed E-state index contributed by atoms with van der Waals surface area (Å²) in [6.07, 6.45) is 2.82. The number of benzene rings is 3. The van der Waals surface area contributed by atoms with Crippen LogP contribution in [-0.4, -0.2) is 63.7 Å². The molecule has 1 atom stereocenters. The van der Waals surface area contributed by atoms with E-state index in [1.807, 2.05) is 57.4 Å². The van der Waals surface area contributed by atoms with Gasteiger partial charge in [0.05, 0.1) is 17.2 Å². The summed E-state index contributed by atoms with van der Waals surface area (Å²) in [4.78, 5) is 29.5. The maximum absolute atomic E-state index is 14.0. The number of nitrogens with zero attached hydrogens (tertiary/aromatic N) is 2. The predicted molar refractivity (Wildman–Crippen MR) is 165 cm³/mol. The Labute approximate surface area is 248 Å². The molecule has 8 nitrogen and oxygen atoms in total. The second kappa shape index (κ2) is 15.5. The largest absolute Gasteiger partial charge is 0.494 e. The van der Waals surface area contributed by atoms with Gasteiger partial charge in [0, 0.05) is 18.0 Å². The molecule has 41 heavy (non-hydrogen) atoms. The van der Waals surface area contributed by atoms with Gasteiger partial charge in [0.2, 0.25) is 11.8 Å². The highest BCUT2D eigenvalue weighted by Crippen LogP contribution is 2.28. The number of hydrogen-bond donors (Lipinski definition) is 1. The van der Waals surface area contributed by atoms with E-state index >= 15 is 0 Å². The van der Waals surface area contributed by atoms with Gasteiger partial charge in [-0.2, -0.15) is 0 Å². The Kier molecular flexibility index (Phi) is 12.1. The third-order valence-corrected chi connectivity index (χ3v) is 9.11. The van der Waals surface area contributed by atoms with Crippen molar-refractivity contribution in [2.45, 2.75) is 49.4 Å². The van der Waals surface area contributed by atoms with Crippen LogP contribution in [0.4, 0.5) is 5.69 Å². The first-order valence-corrected chi connectivity index (χ1v) is 16.4. The topological polar surface area (TPSA) is 96.0 Å². The standard InChI is InChI=1S/C31H39N3O5S2/c1-5-29(31(36)32-6-2)33(22-21-24-11-9-8-10-12-24)30(35)23-34(25-13-15-26(16-14-25)39-7-3)41(37,38)28-19-17-27(40-4)18-20-28/h8-20,29H,5-7,21-23H2,1-4H3,(H,32,36)/t29-/m0/s1. The molecule has 1 N–H and O–H groups in total. The molecule has 0 bridgehead atoms. The molecular formula is C31H39N3O5S2. The Balaban J connectivity index is 2.01. The number of amides is 2. The zero-order chi connectivity index (χ0) is 29.8. The normalized spacial score (nSPS) is 11.9. The molecule has 0 aliphatic carbocycles. The van der Waals surface area contributed by atoms with E-state index in [4.69, 9.17) is 4.74 Å². The van der Waals surface area contributed by atoms with E-state index in [1.54, 1.807) is 48.5 Å². The monoisotopic (exact) mass is 597 g/mol. The number of likely N-dealkylation sites (N-methyl/N-ethyl adjacent to an activating group) is 1. The van der Waals surface area contributed by atoms with E-state index in [0.717, 1.165) is 14.8 Å². The Hall–Kier alpha value is -3.50. The summed E-state index contributed by atoms with van der Waals surface area (Å²) in [7, 11) is -4.13. The van der Waals surface area contributed by atoms with Gasteiger partial charge in [0.1, 0.15) is 18.3 Å². The molecular weight excluding hydrogens is 558 g/mol. The highest BCUT2D eigenvalue weighted by atomic mass is 32.2. The van der Waals surface area contributed by atoms with Gasteiger partial charge in [0.25, 0.3) is 10.0 Å². The van der Waals surface area contributed by atoms with E-state index in [1.165, 1.54) is 16.7 Å². The number of anilines is 1. The predicted octanol–water partition coefficient (Wildman–Crippen LogP) is 4.99. The van der Waals surface area contributed by atoms with Crippen molar-refractivity contribution in [3.8, 4) is 5.75 Å². The van der Waals surface area contributed by atoms with Crippen molar-refractivity contribution < 1.29 is 22.7 Å². The molecule has 2 amide bonds. The lowest BCUT2D eigenvalue weighted by Crippen LogP contribution is -2.53. The molecule has 10 heteroatoms. The molecule has 0 saturated carbocycles. The molecule has 0 radical (unpaired) electrons. The Morgan fingerprint density at radius 1 is 0.927 bits per heavy atom. The van der Waals surface area contributed by atoms with Crippen LogP contribution in [0.25, 0.3) is 0 Å². The van der Waals surface area contributed by atoms with Gasteiger partial charge in [-0.05, 0) is 87.0 Å². The lowest BCUT2D eigenvalue weighted by molar-refractivity contribution is -0.139. The van der Waals surface area contributed by atoms with Crippen molar-refractivity contribution >= 4 is 39.3 Å². The average Bonchev–Trinajstić information content (AvgIpc) is 2.99. The first-order chi connectivity index (χ1) is 19.7. The minimum atomic E-state index is -4.13. The highest BCUT2D eigenvalue weighted by Gasteiger charge is 2.33. The minimum absolute atomic E-state index is 0.0728. The third kappa shape index (κ3) is 8.50. The van der Waals surface area contributed by atoms with Gasteiger partial charge in [-0.15, -0.1) is 11.8 Å². The number of rotatable bonds is 15. The maximum atomic E-state index is 14.0. The van der Waals surface area contributed by atoms with Crippen LogP contribution in [0.5, 0.6) is 5.75 Å². The highest BCUT2D eigenvalue weighted by molar-refractivity contribution is 7.98. The summed E-state index contributed by atoms with van der Waals surface area (Å²) in [6, 6.07) is 22.1. The van der Waals surface area contributed by atoms with Crippen molar-refractivity contribution in [2.24, 2.45) is 0 Å². The van der Waals surface area contributed by atoms with Crippen LogP contribution in [0.15, 0.2) is 88.7 Å². The molecule has 0 aliphatic heterocycles. The number of ether oxygens (including phenoxy) is 1. The van der Waals surface area contributed by atoms with Gasteiger partial charge in [-0.3, -0.25) is 13.9 Å².